The zero-order valence-electron chi connectivity index (χ0n) is 12.0. The molecule has 0 aliphatic carbocycles. The Morgan fingerprint density at radius 1 is 0.727 bits per heavy atom. The standard InChI is InChI=1S/C13H9.C5H5.CH2.2ClH.Hf/c1-3-7-12-10(5-1)9-11-6-2-4-8-13(11)12;1-2-4-5-3-1;;;;/h1-9H;1-5H;1H2;2*1H;/q2*-1;;;;+2/p-2. The largest absolute Gasteiger partial charge is 0.214 e. The van der Waals surface area contributed by atoms with E-state index in [1.54, 1.807) is 0 Å². The topological polar surface area (TPSA) is 0 Å². The smallest absolute Gasteiger partial charge is 0.0771 e. The fourth-order valence-corrected chi connectivity index (χ4v) is 2.22. The van der Waals surface area contributed by atoms with Gasteiger partial charge in [0, 0.05) is 0 Å². The fourth-order valence-electron chi connectivity index (χ4n) is 2.22. The molecule has 4 aromatic carbocycles. The van der Waals surface area contributed by atoms with Crippen LogP contribution in [0.25, 0.3) is 21.5 Å². The number of halogens is 2. The van der Waals surface area contributed by atoms with Gasteiger partial charge in [-0.2, -0.15) is 18.2 Å². The van der Waals surface area contributed by atoms with E-state index in [-0.39, 0.29) is 0 Å². The van der Waals surface area contributed by atoms with Crippen molar-refractivity contribution in [1.82, 2.24) is 0 Å². The molecule has 0 radical (unpaired) electrons. The molecule has 0 fully saturated rings. The molecule has 0 N–H and O–H groups in total. The second kappa shape index (κ2) is 9.19. The van der Waals surface area contributed by atoms with E-state index in [0.29, 0.717) is 0 Å². The molecule has 0 unspecified atom stereocenters. The average molecular weight is 494 g/mol. The maximum Gasteiger partial charge on any atom is -0.0771 e. The van der Waals surface area contributed by atoms with E-state index in [4.69, 9.17) is 17.2 Å². The van der Waals surface area contributed by atoms with E-state index in [1.165, 1.54) is 21.5 Å². The second-order valence-electron chi connectivity index (χ2n) is 4.62. The number of benzene rings is 2. The molecule has 0 aliphatic rings. The van der Waals surface area contributed by atoms with E-state index in [2.05, 4.69) is 58.9 Å². The molecule has 0 heterocycles. The van der Waals surface area contributed by atoms with Crippen molar-refractivity contribution in [2.75, 3.05) is 0 Å². The first-order chi connectivity index (χ1) is 10.7. The summed E-state index contributed by atoms with van der Waals surface area (Å²) >= 11 is -1.96. The molecule has 112 valence electrons. The van der Waals surface area contributed by atoms with Gasteiger partial charge in [0.15, 0.2) is 0 Å². The third-order valence-electron chi connectivity index (χ3n) is 3.08. The Kier molecular flexibility index (Phi) is 7.24. The first-order valence-electron chi connectivity index (χ1n) is 6.88. The van der Waals surface area contributed by atoms with Crippen LogP contribution >= 0.6 is 17.2 Å². The summed E-state index contributed by atoms with van der Waals surface area (Å²) in [6, 6.07) is 29.3. The van der Waals surface area contributed by atoms with Crippen molar-refractivity contribution in [2.24, 2.45) is 0 Å². The summed E-state index contributed by atoms with van der Waals surface area (Å²) in [5.41, 5.74) is 0. The van der Waals surface area contributed by atoms with Gasteiger partial charge in [-0.25, -0.2) is 12.1 Å². The molecule has 0 nitrogen and oxygen atoms in total. The molecule has 0 aromatic heterocycles. The molecule has 0 amide bonds. The summed E-state index contributed by atoms with van der Waals surface area (Å²) in [6.07, 6.45) is 0. The van der Waals surface area contributed by atoms with Crippen molar-refractivity contribution in [3.05, 3.63) is 84.9 Å². The van der Waals surface area contributed by atoms with Gasteiger partial charge in [-0.3, -0.25) is 0 Å². The van der Waals surface area contributed by atoms with Gasteiger partial charge in [-0.05, 0) is 0 Å². The van der Waals surface area contributed by atoms with Crippen molar-refractivity contribution in [3.63, 3.8) is 0 Å². The van der Waals surface area contributed by atoms with E-state index in [1.807, 2.05) is 30.3 Å². The summed E-state index contributed by atoms with van der Waals surface area (Å²) < 4.78 is 3.38. The van der Waals surface area contributed by atoms with Crippen LogP contribution in [0, 0.1) is 0 Å². The van der Waals surface area contributed by atoms with Gasteiger partial charge in [-0.15, -0.1) is 39.7 Å². The van der Waals surface area contributed by atoms with Gasteiger partial charge in [-0.1, -0.05) is 36.4 Å². The minimum Gasteiger partial charge on any atom is -0.214 e. The Labute approximate surface area is 145 Å². The molecule has 0 aliphatic heterocycles. The SMILES string of the molecule is [CH2]=[Hf]([Cl])[Cl].c1cc[cH-]c1.c1ccc2c(c1)[cH-]c1ccccc12. The summed E-state index contributed by atoms with van der Waals surface area (Å²) in [5.74, 6) is 0. The molecule has 0 saturated carbocycles. The molecule has 22 heavy (non-hydrogen) atoms. The van der Waals surface area contributed by atoms with E-state index in [9.17, 15) is 0 Å². The molecule has 3 heteroatoms. The van der Waals surface area contributed by atoms with Gasteiger partial charge in [0.25, 0.3) is 0 Å². The Morgan fingerprint density at radius 2 is 1.14 bits per heavy atom. The van der Waals surface area contributed by atoms with E-state index in [0.717, 1.165) is 0 Å². The quantitative estimate of drug-likeness (QED) is 0.195. The maximum absolute atomic E-state index is 5.14. The van der Waals surface area contributed by atoms with Crippen LogP contribution in [0.15, 0.2) is 84.9 Å². The predicted octanol–water partition coefficient (Wildman–Crippen LogP) is 6.46. The van der Waals surface area contributed by atoms with Crippen molar-refractivity contribution < 1.29 is 18.6 Å². The van der Waals surface area contributed by atoms with Crippen molar-refractivity contribution >= 4 is 43.0 Å². The number of fused-ring (bicyclic) bond motifs is 3. The number of hydrogen-bond donors (Lipinski definition) is 0. The fraction of sp³-hybridized carbons (Fsp3) is 0. The van der Waals surface area contributed by atoms with Gasteiger partial charge < -0.3 is 0 Å². The maximum atomic E-state index is 5.14. The minimum atomic E-state index is -1.96. The average Bonchev–Trinajstić information content (AvgIpc) is 3.18. The van der Waals surface area contributed by atoms with Crippen molar-refractivity contribution in [2.45, 2.75) is 0 Å². The van der Waals surface area contributed by atoms with Gasteiger partial charge in [0.05, 0.1) is 0 Å². The van der Waals surface area contributed by atoms with Gasteiger partial charge >= 0.3 is 40.0 Å². The van der Waals surface area contributed by atoms with Crippen LogP contribution in [0.5, 0.6) is 0 Å². The third kappa shape index (κ3) is 5.31. The Balaban J connectivity index is 0.000000163. The first-order valence-corrected chi connectivity index (χ1v) is 18.3. The van der Waals surface area contributed by atoms with Crippen LogP contribution in [-0.2, 0) is 18.6 Å². The Hall–Kier alpha value is -1.02. The zero-order valence-corrected chi connectivity index (χ0v) is 17.2. The van der Waals surface area contributed by atoms with Crippen LogP contribution in [0.3, 0.4) is 0 Å². The van der Waals surface area contributed by atoms with E-state index >= 15 is 0 Å². The van der Waals surface area contributed by atoms with Crippen LogP contribution in [0.1, 0.15) is 0 Å². The zero-order chi connectivity index (χ0) is 15.8. The van der Waals surface area contributed by atoms with Crippen LogP contribution < -0.4 is 0 Å². The molecule has 4 aromatic rings. The third-order valence-corrected chi connectivity index (χ3v) is 3.08. The molecule has 0 bridgehead atoms. The molecular formula is C19H16Cl2Hf-2. The summed E-state index contributed by atoms with van der Waals surface area (Å²) in [5, 5.41) is 5.39. The Morgan fingerprint density at radius 3 is 1.50 bits per heavy atom. The summed E-state index contributed by atoms with van der Waals surface area (Å²) in [4.78, 5) is 0. The van der Waals surface area contributed by atoms with Crippen LogP contribution in [-0.4, -0.2) is 4.26 Å². The normalized spacial score (nSPS) is 9.55. The summed E-state index contributed by atoms with van der Waals surface area (Å²) in [6.45, 7) is 0. The molecule has 0 spiro atoms. The predicted molar refractivity (Wildman–Crippen MR) is 97.9 cm³/mol. The van der Waals surface area contributed by atoms with Crippen LogP contribution in [0.4, 0.5) is 0 Å². The Bertz CT molecular complexity index is 757. The first kappa shape index (κ1) is 17.3. The summed E-state index contributed by atoms with van der Waals surface area (Å²) in [7, 11) is 10.3. The second-order valence-corrected chi connectivity index (χ2v) is 16.1. The van der Waals surface area contributed by atoms with Crippen LogP contribution in [0.2, 0.25) is 0 Å². The molecular weight excluding hydrogens is 478 g/mol. The van der Waals surface area contributed by atoms with E-state index < -0.39 is 18.6 Å². The van der Waals surface area contributed by atoms with Gasteiger partial charge in [0.2, 0.25) is 0 Å². The van der Waals surface area contributed by atoms with Crippen molar-refractivity contribution in [3.8, 4) is 0 Å². The molecule has 0 atom stereocenters. The molecule has 4 rings (SSSR count). The monoisotopic (exact) mass is 494 g/mol. The number of hydrogen-bond acceptors (Lipinski definition) is 0. The number of rotatable bonds is 0. The molecule has 0 saturated heterocycles. The van der Waals surface area contributed by atoms with Gasteiger partial charge in [0.1, 0.15) is 0 Å². The minimum absolute atomic E-state index is 1.34. The van der Waals surface area contributed by atoms with Crippen molar-refractivity contribution in [1.29, 1.82) is 0 Å².